The molecule has 0 fully saturated rings. The van der Waals surface area contributed by atoms with Crippen molar-refractivity contribution >= 4 is 17.0 Å². The Labute approximate surface area is 90.9 Å². The van der Waals surface area contributed by atoms with Crippen LogP contribution in [-0.4, -0.2) is 6.61 Å². The number of benzene rings is 1. The van der Waals surface area contributed by atoms with Gasteiger partial charge in [-0.15, -0.1) is 17.0 Å². The minimum absolute atomic E-state index is 0. The lowest BCUT2D eigenvalue weighted by Crippen LogP contribution is -2.01. The third-order valence-corrected chi connectivity index (χ3v) is 1.56. The Morgan fingerprint density at radius 3 is 2.31 bits per heavy atom. The second kappa shape index (κ2) is 7.10. The minimum Gasteiger partial charge on any atom is -0.377 e. The van der Waals surface area contributed by atoms with Crippen molar-refractivity contribution in [2.45, 2.75) is 20.5 Å². The normalized spacial score (nSPS) is 9.77. The molecule has 74 valence electrons. The van der Waals surface area contributed by atoms with Crippen LogP contribution in [0, 0.1) is 5.92 Å². The van der Waals surface area contributed by atoms with Gasteiger partial charge in [-0.3, -0.25) is 0 Å². The largest absolute Gasteiger partial charge is 0.377 e. The van der Waals surface area contributed by atoms with Crippen LogP contribution in [0.4, 0.5) is 0 Å². The Morgan fingerprint density at radius 1 is 1.15 bits per heavy atom. The molecule has 0 spiro atoms. The van der Waals surface area contributed by atoms with E-state index < -0.39 is 0 Å². The van der Waals surface area contributed by atoms with E-state index in [1.807, 2.05) is 18.2 Å². The van der Waals surface area contributed by atoms with Crippen LogP contribution in [0.3, 0.4) is 0 Å². The molecule has 1 aromatic carbocycles. The molecule has 0 heterocycles. The van der Waals surface area contributed by atoms with E-state index in [9.17, 15) is 0 Å². The van der Waals surface area contributed by atoms with Crippen LogP contribution in [0.1, 0.15) is 19.4 Å². The van der Waals surface area contributed by atoms with Crippen LogP contribution < -0.4 is 0 Å². The monoisotopic (exact) mass is 244 g/mol. The van der Waals surface area contributed by atoms with Crippen LogP contribution >= 0.6 is 17.0 Å². The molecule has 0 bridgehead atoms. The first-order chi connectivity index (χ1) is 5.79. The summed E-state index contributed by atoms with van der Waals surface area (Å²) in [4.78, 5) is 0. The Bertz CT molecular complexity index is 209. The fourth-order valence-corrected chi connectivity index (χ4v) is 0.987. The van der Waals surface area contributed by atoms with Gasteiger partial charge in [-0.05, 0) is 11.5 Å². The molecule has 0 aromatic heterocycles. The van der Waals surface area contributed by atoms with Crippen LogP contribution in [0.5, 0.6) is 0 Å². The summed E-state index contributed by atoms with van der Waals surface area (Å²) in [7, 11) is 0. The highest BCUT2D eigenvalue weighted by Gasteiger charge is 1.94. The summed E-state index contributed by atoms with van der Waals surface area (Å²) in [5, 5.41) is 0. The average molecular weight is 245 g/mol. The Morgan fingerprint density at radius 2 is 1.77 bits per heavy atom. The van der Waals surface area contributed by atoms with Gasteiger partial charge in [0.25, 0.3) is 0 Å². The summed E-state index contributed by atoms with van der Waals surface area (Å²) in [5.41, 5.74) is 1.25. The topological polar surface area (TPSA) is 9.23 Å². The van der Waals surface area contributed by atoms with Crippen molar-refractivity contribution in [2.24, 2.45) is 5.92 Å². The van der Waals surface area contributed by atoms with Gasteiger partial charge in [0.05, 0.1) is 6.61 Å². The molecule has 2 heteroatoms. The van der Waals surface area contributed by atoms with Crippen molar-refractivity contribution in [3.8, 4) is 0 Å². The summed E-state index contributed by atoms with van der Waals surface area (Å²) in [6.07, 6.45) is 0. The summed E-state index contributed by atoms with van der Waals surface area (Å²) >= 11 is 0. The fourth-order valence-electron chi connectivity index (χ4n) is 0.987. The molecule has 0 aliphatic carbocycles. The van der Waals surface area contributed by atoms with Crippen molar-refractivity contribution in [3.05, 3.63) is 35.9 Å². The highest BCUT2D eigenvalue weighted by atomic mass is 79.9. The maximum absolute atomic E-state index is 5.48. The third-order valence-electron chi connectivity index (χ3n) is 1.56. The maximum Gasteiger partial charge on any atom is 0.0717 e. The first-order valence-corrected chi connectivity index (χ1v) is 4.40. The van der Waals surface area contributed by atoms with E-state index in [0.717, 1.165) is 13.2 Å². The SMILES string of the molecule is Br.CC(C)COCc1ccccc1. The molecule has 0 N–H and O–H groups in total. The fraction of sp³-hybridized carbons (Fsp3) is 0.455. The standard InChI is InChI=1S/C11H16O.BrH/c1-10(2)8-12-9-11-6-4-3-5-7-11;/h3-7,10H,8-9H2,1-2H3;1H. The number of halogens is 1. The van der Waals surface area contributed by atoms with Crippen LogP contribution in [0.15, 0.2) is 30.3 Å². The van der Waals surface area contributed by atoms with Crippen LogP contribution in [0.25, 0.3) is 0 Å². The molecule has 1 aromatic rings. The lowest BCUT2D eigenvalue weighted by Gasteiger charge is -2.05. The van der Waals surface area contributed by atoms with Crippen molar-refractivity contribution in [3.63, 3.8) is 0 Å². The van der Waals surface area contributed by atoms with Gasteiger partial charge in [0, 0.05) is 6.61 Å². The second-order valence-corrected chi connectivity index (χ2v) is 3.39. The zero-order valence-corrected chi connectivity index (χ0v) is 9.91. The van der Waals surface area contributed by atoms with Gasteiger partial charge in [-0.2, -0.15) is 0 Å². The lowest BCUT2D eigenvalue weighted by atomic mass is 10.2. The zero-order valence-electron chi connectivity index (χ0n) is 8.19. The molecule has 0 aliphatic heterocycles. The van der Waals surface area contributed by atoms with Crippen molar-refractivity contribution in [2.75, 3.05) is 6.61 Å². The van der Waals surface area contributed by atoms with Gasteiger partial charge in [0.2, 0.25) is 0 Å². The molecular weight excluding hydrogens is 228 g/mol. The third kappa shape index (κ3) is 5.83. The summed E-state index contributed by atoms with van der Waals surface area (Å²) < 4.78 is 5.48. The molecule has 13 heavy (non-hydrogen) atoms. The molecule has 0 saturated heterocycles. The summed E-state index contributed by atoms with van der Waals surface area (Å²) in [6.45, 7) is 5.89. The van der Waals surface area contributed by atoms with E-state index in [0.29, 0.717) is 5.92 Å². The predicted octanol–water partition coefficient (Wildman–Crippen LogP) is 3.44. The number of rotatable bonds is 4. The second-order valence-electron chi connectivity index (χ2n) is 3.39. The van der Waals surface area contributed by atoms with Crippen molar-refractivity contribution in [1.29, 1.82) is 0 Å². The van der Waals surface area contributed by atoms with E-state index in [1.54, 1.807) is 0 Å². The molecular formula is C11H17BrO. The quantitative estimate of drug-likeness (QED) is 0.789. The summed E-state index contributed by atoms with van der Waals surface area (Å²) in [6, 6.07) is 10.3. The molecule has 0 aliphatic rings. The van der Waals surface area contributed by atoms with E-state index in [-0.39, 0.29) is 17.0 Å². The van der Waals surface area contributed by atoms with E-state index in [1.165, 1.54) is 5.56 Å². The Kier molecular flexibility index (Phi) is 6.92. The average Bonchev–Trinajstić information content (AvgIpc) is 2.05. The Balaban J connectivity index is 0.00000144. The summed E-state index contributed by atoms with van der Waals surface area (Å²) in [5.74, 6) is 0.619. The van der Waals surface area contributed by atoms with E-state index >= 15 is 0 Å². The minimum atomic E-state index is 0. The van der Waals surface area contributed by atoms with Gasteiger partial charge in [0.15, 0.2) is 0 Å². The van der Waals surface area contributed by atoms with Gasteiger partial charge in [-0.25, -0.2) is 0 Å². The molecule has 0 saturated carbocycles. The first kappa shape index (κ1) is 12.7. The lowest BCUT2D eigenvalue weighted by molar-refractivity contribution is 0.0971. The highest BCUT2D eigenvalue weighted by molar-refractivity contribution is 8.93. The van der Waals surface area contributed by atoms with Gasteiger partial charge in [-0.1, -0.05) is 44.2 Å². The van der Waals surface area contributed by atoms with Gasteiger partial charge in [0.1, 0.15) is 0 Å². The van der Waals surface area contributed by atoms with Crippen LogP contribution in [-0.2, 0) is 11.3 Å². The van der Waals surface area contributed by atoms with Crippen molar-refractivity contribution in [1.82, 2.24) is 0 Å². The first-order valence-electron chi connectivity index (χ1n) is 4.40. The van der Waals surface area contributed by atoms with Crippen LogP contribution in [0.2, 0.25) is 0 Å². The number of ether oxygens (including phenoxy) is 1. The maximum atomic E-state index is 5.48. The van der Waals surface area contributed by atoms with Gasteiger partial charge < -0.3 is 4.74 Å². The molecule has 0 unspecified atom stereocenters. The van der Waals surface area contributed by atoms with Gasteiger partial charge >= 0.3 is 0 Å². The molecule has 0 atom stereocenters. The highest BCUT2D eigenvalue weighted by Crippen LogP contribution is 2.02. The molecule has 0 radical (unpaired) electrons. The Hall–Kier alpha value is -0.340. The molecule has 1 rings (SSSR count). The molecule has 1 nitrogen and oxygen atoms in total. The van der Waals surface area contributed by atoms with E-state index in [2.05, 4.69) is 26.0 Å². The number of hydrogen-bond donors (Lipinski definition) is 0. The van der Waals surface area contributed by atoms with Crippen molar-refractivity contribution < 1.29 is 4.74 Å². The van der Waals surface area contributed by atoms with E-state index in [4.69, 9.17) is 4.74 Å². The predicted molar refractivity (Wildman–Crippen MR) is 61.3 cm³/mol. The smallest absolute Gasteiger partial charge is 0.0717 e. The molecule has 0 amide bonds. The number of hydrogen-bond acceptors (Lipinski definition) is 1. The zero-order chi connectivity index (χ0) is 8.81.